The number of anilines is 1. The molecule has 9 heteroatoms. The Hall–Kier alpha value is -2.81. The molecule has 6 nitrogen and oxygen atoms in total. The fourth-order valence-corrected chi connectivity index (χ4v) is 3.27. The first-order valence-corrected chi connectivity index (χ1v) is 10.4. The Balaban J connectivity index is 1.69. The van der Waals surface area contributed by atoms with Gasteiger partial charge in [0.15, 0.2) is 11.5 Å². The molecule has 162 valence electrons. The number of carbonyl (C=O) groups excluding carboxylic acids is 2. The molecule has 30 heavy (non-hydrogen) atoms. The van der Waals surface area contributed by atoms with Crippen LogP contribution in [0.2, 0.25) is 0 Å². The van der Waals surface area contributed by atoms with Gasteiger partial charge in [-0.25, -0.2) is 0 Å². The maximum Gasteiger partial charge on any atom is 0.387 e. The van der Waals surface area contributed by atoms with Crippen LogP contribution in [0.15, 0.2) is 42.5 Å². The van der Waals surface area contributed by atoms with E-state index in [1.807, 2.05) is 25.1 Å². The molecule has 2 aromatic rings. The summed E-state index contributed by atoms with van der Waals surface area (Å²) in [7, 11) is 1.37. The Morgan fingerprint density at radius 1 is 1.07 bits per heavy atom. The second kappa shape index (κ2) is 12.0. The van der Waals surface area contributed by atoms with Crippen molar-refractivity contribution in [2.75, 3.05) is 30.5 Å². The van der Waals surface area contributed by atoms with Crippen molar-refractivity contribution in [2.45, 2.75) is 20.0 Å². The van der Waals surface area contributed by atoms with E-state index in [0.29, 0.717) is 13.0 Å². The van der Waals surface area contributed by atoms with Crippen LogP contribution in [0.3, 0.4) is 0 Å². The lowest BCUT2D eigenvalue weighted by Crippen LogP contribution is -2.28. The second-order valence-electron chi connectivity index (χ2n) is 6.37. The zero-order valence-electron chi connectivity index (χ0n) is 16.7. The lowest BCUT2D eigenvalue weighted by atomic mass is 10.1. The zero-order chi connectivity index (χ0) is 21.9. The summed E-state index contributed by atoms with van der Waals surface area (Å²) in [6.45, 7) is -0.683. The molecule has 0 aromatic heterocycles. The Kier molecular flexibility index (Phi) is 9.40. The molecule has 0 aliphatic carbocycles. The molecule has 0 atom stereocenters. The van der Waals surface area contributed by atoms with E-state index in [1.54, 1.807) is 12.1 Å². The van der Waals surface area contributed by atoms with E-state index < -0.39 is 6.61 Å². The van der Waals surface area contributed by atoms with Crippen LogP contribution in [-0.4, -0.2) is 43.6 Å². The van der Waals surface area contributed by atoms with Gasteiger partial charge in [0, 0.05) is 12.2 Å². The molecule has 0 radical (unpaired) electrons. The summed E-state index contributed by atoms with van der Waals surface area (Å²) < 4.78 is 34.4. The monoisotopic (exact) mass is 438 g/mol. The molecular weight excluding hydrogens is 414 g/mol. The Morgan fingerprint density at radius 3 is 2.53 bits per heavy atom. The Morgan fingerprint density at radius 2 is 1.83 bits per heavy atom. The SMILES string of the molecule is COc1ccc(CCNC(=O)CSCC(=O)Nc2cccc(C)c2)cc1OC(F)F. The summed E-state index contributed by atoms with van der Waals surface area (Å²) in [4.78, 5) is 23.8. The number of rotatable bonds is 11. The molecular formula is C21H24F2N2O4S. The van der Waals surface area contributed by atoms with Crippen LogP contribution in [-0.2, 0) is 16.0 Å². The summed E-state index contributed by atoms with van der Waals surface area (Å²) in [6.07, 6.45) is 0.438. The molecule has 0 aliphatic heterocycles. The van der Waals surface area contributed by atoms with Crippen molar-refractivity contribution in [3.05, 3.63) is 53.6 Å². The Labute approximate surface area is 178 Å². The zero-order valence-corrected chi connectivity index (χ0v) is 17.6. The molecule has 0 bridgehead atoms. The lowest BCUT2D eigenvalue weighted by molar-refractivity contribution is -0.118. The van der Waals surface area contributed by atoms with E-state index in [0.717, 1.165) is 16.8 Å². The molecule has 2 N–H and O–H groups in total. The highest BCUT2D eigenvalue weighted by molar-refractivity contribution is 8.00. The number of methoxy groups -OCH3 is 1. The van der Waals surface area contributed by atoms with Gasteiger partial charge in [0.25, 0.3) is 0 Å². The summed E-state index contributed by atoms with van der Waals surface area (Å²) in [5.74, 6) is 0.0802. The van der Waals surface area contributed by atoms with Crippen molar-refractivity contribution in [2.24, 2.45) is 0 Å². The van der Waals surface area contributed by atoms with E-state index in [-0.39, 0.29) is 34.8 Å². The second-order valence-corrected chi connectivity index (χ2v) is 7.36. The third-order valence-corrected chi connectivity index (χ3v) is 4.88. The number of hydrogen-bond donors (Lipinski definition) is 2. The van der Waals surface area contributed by atoms with Gasteiger partial charge in [-0.2, -0.15) is 8.78 Å². The Bertz CT molecular complexity index is 865. The van der Waals surface area contributed by atoms with Crippen molar-refractivity contribution in [1.29, 1.82) is 0 Å². The van der Waals surface area contributed by atoms with Crippen molar-refractivity contribution < 1.29 is 27.8 Å². The first kappa shape index (κ1) is 23.5. The summed E-state index contributed by atoms with van der Waals surface area (Å²) in [5.41, 5.74) is 2.49. The molecule has 0 saturated heterocycles. The van der Waals surface area contributed by atoms with E-state index in [4.69, 9.17) is 4.74 Å². The van der Waals surface area contributed by atoms with E-state index >= 15 is 0 Å². The van der Waals surface area contributed by atoms with Gasteiger partial charge in [-0.05, 0) is 48.7 Å². The number of thioether (sulfide) groups is 1. The van der Waals surface area contributed by atoms with Gasteiger partial charge < -0.3 is 20.1 Å². The highest BCUT2D eigenvalue weighted by Gasteiger charge is 2.12. The molecule has 0 fully saturated rings. The first-order chi connectivity index (χ1) is 14.4. The quantitative estimate of drug-likeness (QED) is 0.560. The fraction of sp³-hybridized carbons (Fsp3) is 0.333. The number of hydrogen-bond acceptors (Lipinski definition) is 5. The van der Waals surface area contributed by atoms with Gasteiger partial charge in [0.05, 0.1) is 18.6 Å². The minimum Gasteiger partial charge on any atom is -0.493 e. The maximum absolute atomic E-state index is 12.5. The number of nitrogens with one attached hydrogen (secondary N) is 2. The largest absolute Gasteiger partial charge is 0.493 e. The van der Waals surface area contributed by atoms with E-state index in [9.17, 15) is 18.4 Å². The van der Waals surface area contributed by atoms with Crippen LogP contribution in [0.5, 0.6) is 11.5 Å². The highest BCUT2D eigenvalue weighted by atomic mass is 32.2. The molecule has 0 saturated carbocycles. The molecule has 0 spiro atoms. The first-order valence-electron chi connectivity index (χ1n) is 9.20. The average molecular weight is 438 g/mol. The van der Waals surface area contributed by atoms with Crippen molar-refractivity contribution in [3.63, 3.8) is 0 Å². The van der Waals surface area contributed by atoms with Crippen LogP contribution in [0.25, 0.3) is 0 Å². The summed E-state index contributed by atoms with van der Waals surface area (Å²) in [5, 5.41) is 5.52. The minimum atomic E-state index is -2.95. The normalized spacial score (nSPS) is 10.6. The number of carbonyl (C=O) groups is 2. The molecule has 0 aliphatic rings. The third-order valence-electron chi connectivity index (χ3n) is 3.95. The van der Waals surface area contributed by atoms with Gasteiger partial charge in [-0.1, -0.05) is 18.2 Å². The van der Waals surface area contributed by atoms with Gasteiger partial charge in [0.1, 0.15) is 0 Å². The number of alkyl halides is 2. The van der Waals surface area contributed by atoms with Gasteiger partial charge in [-0.3, -0.25) is 9.59 Å². The average Bonchev–Trinajstić information content (AvgIpc) is 2.68. The van der Waals surface area contributed by atoms with Crippen LogP contribution in [0.1, 0.15) is 11.1 Å². The highest BCUT2D eigenvalue weighted by Crippen LogP contribution is 2.29. The molecule has 0 unspecified atom stereocenters. The molecule has 2 amide bonds. The molecule has 0 heterocycles. The van der Waals surface area contributed by atoms with Crippen LogP contribution >= 0.6 is 11.8 Å². The van der Waals surface area contributed by atoms with Crippen LogP contribution < -0.4 is 20.1 Å². The smallest absolute Gasteiger partial charge is 0.387 e. The van der Waals surface area contributed by atoms with Gasteiger partial charge >= 0.3 is 6.61 Å². The van der Waals surface area contributed by atoms with Crippen LogP contribution in [0, 0.1) is 6.92 Å². The summed E-state index contributed by atoms with van der Waals surface area (Å²) in [6, 6.07) is 12.2. The molecule has 2 aromatic carbocycles. The number of aryl methyl sites for hydroxylation is 1. The standard InChI is InChI=1S/C21H24F2N2O4S/c1-14-4-3-5-16(10-14)25-20(27)13-30-12-19(26)24-9-8-15-6-7-17(28-2)18(11-15)29-21(22)23/h3-7,10-11,21H,8-9,12-13H2,1-2H3,(H,24,26)(H,25,27). The number of ether oxygens (including phenoxy) is 2. The van der Waals surface area contributed by atoms with E-state index in [2.05, 4.69) is 15.4 Å². The van der Waals surface area contributed by atoms with Gasteiger partial charge in [0.2, 0.25) is 11.8 Å². The van der Waals surface area contributed by atoms with E-state index in [1.165, 1.54) is 31.0 Å². The predicted octanol–water partition coefficient (Wildman–Crippen LogP) is 3.64. The topological polar surface area (TPSA) is 76.7 Å². The molecule has 2 rings (SSSR count). The van der Waals surface area contributed by atoms with Crippen molar-refractivity contribution >= 4 is 29.3 Å². The predicted molar refractivity (Wildman–Crippen MR) is 113 cm³/mol. The maximum atomic E-state index is 12.5. The van der Waals surface area contributed by atoms with Crippen molar-refractivity contribution in [3.8, 4) is 11.5 Å². The fourth-order valence-electron chi connectivity index (χ4n) is 2.62. The lowest BCUT2D eigenvalue weighted by Gasteiger charge is -2.12. The number of amides is 2. The third kappa shape index (κ3) is 8.28. The van der Waals surface area contributed by atoms with Crippen LogP contribution in [0.4, 0.5) is 14.5 Å². The van der Waals surface area contributed by atoms with Crippen molar-refractivity contribution in [1.82, 2.24) is 5.32 Å². The minimum absolute atomic E-state index is 0.0495. The van der Waals surface area contributed by atoms with Gasteiger partial charge in [-0.15, -0.1) is 11.8 Å². The summed E-state index contributed by atoms with van der Waals surface area (Å²) >= 11 is 1.21. The number of benzene rings is 2. The number of halogens is 2.